The van der Waals surface area contributed by atoms with Gasteiger partial charge >= 0.3 is 0 Å². The highest BCUT2D eigenvalue weighted by Crippen LogP contribution is 2.14. The Labute approximate surface area is 103 Å². The molecule has 1 N–H and O–H groups in total. The van der Waals surface area contributed by atoms with Crippen LogP contribution in [0.2, 0.25) is 0 Å². The van der Waals surface area contributed by atoms with Gasteiger partial charge in [-0.15, -0.1) is 0 Å². The Balaban J connectivity index is 1.99. The Bertz CT molecular complexity index is 359. The smallest absolute Gasteiger partial charge is 0.0678 e. The van der Waals surface area contributed by atoms with Crippen LogP contribution in [-0.4, -0.2) is 42.2 Å². The van der Waals surface area contributed by atoms with E-state index >= 15 is 0 Å². The maximum absolute atomic E-state index is 5.72. The summed E-state index contributed by atoms with van der Waals surface area (Å²) in [6.07, 6.45) is 2.48. The number of ether oxygens (including phenoxy) is 1. The summed E-state index contributed by atoms with van der Waals surface area (Å²) in [4.78, 5) is 6.81. The van der Waals surface area contributed by atoms with Crippen molar-refractivity contribution in [1.29, 1.82) is 0 Å². The molecule has 94 valence electrons. The fraction of sp³-hybridized carbons (Fsp3) is 0.615. The first-order valence-corrected chi connectivity index (χ1v) is 6.18. The SMILES string of the molecule is CNc1ccnc(CN2C[C@@H](C)O[C@@H](C)C2)c1. The minimum Gasteiger partial charge on any atom is -0.388 e. The standard InChI is InChI=1S/C13H21N3O/c1-10-7-16(8-11(2)17-10)9-13-6-12(14-3)4-5-15-13/h4-6,10-11H,7-9H2,1-3H3,(H,14,15)/t10-,11+. The van der Waals surface area contributed by atoms with Crippen LogP contribution in [0.25, 0.3) is 0 Å². The van der Waals surface area contributed by atoms with Crippen LogP contribution in [-0.2, 0) is 11.3 Å². The molecule has 1 aromatic rings. The summed E-state index contributed by atoms with van der Waals surface area (Å²) in [5.74, 6) is 0. The van der Waals surface area contributed by atoms with Gasteiger partial charge in [-0.1, -0.05) is 0 Å². The van der Waals surface area contributed by atoms with Gasteiger partial charge in [0, 0.05) is 38.6 Å². The predicted octanol–water partition coefficient (Wildman–Crippen LogP) is 1.73. The molecule has 1 aliphatic heterocycles. The molecule has 1 aromatic heterocycles. The first-order valence-electron chi connectivity index (χ1n) is 6.18. The Hall–Kier alpha value is -1.13. The van der Waals surface area contributed by atoms with E-state index < -0.39 is 0 Å². The maximum Gasteiger partial charge on any atom is 0.0678 e. The quantitative estimate of drug-likeness (QED) is 0.866. The predicted molar refractivity (Wildman–Crippen MR) is 69.1 cm³/mol. The molecule has 0 radical (unpaired) electrons. The summed E-state index contributed by atoms with van der Waals surface area (Å²) in [6, 6.07) is 4.08. The molecular weight excluding hydrogens is 214 g/mol. The largest absolute Gasteiger partial charge is 0.388 e. The van der Waals surface area contributed by atoms with Gasteiger partial charge in [-0.05, 0) is 26.0 Å². The van der Waals surface area contributed by atoms with Crippen molar-refractivity contribution in [2.45, 2.75) is 32.6 Å². The molecule has 1 fully saturated rings. The molecule has 0 bridgehead atoms. The second-order valence-electron chi connectivity index (χ2n) is 4.74. The maximum atomic E-state index is 5.72. The van der Waals surface area contributed by atoms with Gasteiger partial charge in [0.1, 0.15) is 0 Å². The number of anilines is 1. The zero-order valence-corrected chi connectivity index (χ0v) is 10.8. The fourth-order valence-corrected chi connectivity index (χ4v) is 2.36. The minimum atomic E-state index is 0.311. The van der Waals surface area contributed by atoms with E-state index in [9.17, 15) is 0 Å². The van der Waals surface area contributed by atoms with Gasteiger partial charge in [0.15, 0.2) is 0 Å². The Kier molecular flexibility index (Phi) is 3.97. The van der Waals surface area contributed by atoms with Crippen molar-refractivity contribution in [3.63, 3.8) is 0 Å². The van der Waals surface area contributed by atoms with Crippen LogP contribution in [0.15, 0.2) is 18.3 Å². The van der Waals surface area contributed by atoms with Crippen LogP contribution in [0.1, 0.15) is 19.5 Å². The van der Waals surface area contributed by atoms with E-state index in [1.165, 1.54) is 0 Å². The molecule has 1 aliphatic rings. The van der Waals surface area contributed by atoms with Crippen LogP contribution in [0.3, 0.4) is 0 Å². The summed E-state index contributed by atoms with van der Waals surface area (Å²) >= 11 is 0. The van der Waals surface area contributed by atoms with Crippen molar-refractivity contribution in [3.05, 3.63) is 24.0 Å². The summed E-state index contributed by atoms with van der Waals surface area (Å²) < 4.78 is 5.72. The number of rotatable bonds is 3. The van der Waals surface area contributed by atoms with Gasteiger partial charge in [0.25, 0.3) is 0 Å². The van der Waals surface area contributed by atoms with Crippen molar-refractivity contribution in [2.24, 2.45) is 0 Å². The van der Waals surface area contributed by atoms with E-state index in [4.69, 9.17) is 4.74 Å². The average molecular weight is 235 g/mol. The first kappa shape index (κ1) is 12.3. The number of morpholine rings is 1. The number of pyridine rings is 1. The van der Waals surface area contributed by atoms with E-state index in [1.807, 2.05) is 19.3 Å². The normalized spacial score (nSPS) is 25.8. The Morgan fingerprint density at radius 1 is 1.41 bits per heavy atom. The van der Waals surface area contributed by atoms with E-state index in [0.717, 1.165) is 31.0 Å². The fourth-order valence-electron chi connectivity index (χ4n) is 2.36. The second kappa shape index (κ2) is 5.47. The molecule has 2 heterocycles. The highest BCUT2D eigenvalue weighted by Gasteiger charge is 2.22. The summed E-state index contributed by atoms with van der Waals surface area (Å²) in [7, 11) is 1.93. The summed E-state index contributed by atoms with van der Waals surface area (Å²) in [6.45, 7) is 7.11. The number of hydrogen-bond acceptors (Lipinski definition) is 4. The molecule has 0 unspecified atom stereocenters. The molecule has 0 aromatic carbocycles. The van der Waals surface area contributed by atoms with Gasteiger partial charge < -0.3 is 10.1 Å². The molecule has 4 heteroatoms. The summed E-state index contributed by atoms with van der Waals surface area (Å²) in [5, 5.41) is 3.14. The second-order valence-corrected chi connectivity index (χ2v) is 4.74. The lowest BCUT2D eigenvalue weighted by molar-refractivity contribution is -0.0707. The third kappa shape index (κ3) is 3.41. The van der Waals surface area contributed by atoms with Crippen LogP contribution < -0.4 is 5.32 Å². The van der Waals surface area contributed by atoms with E-state index in [1.54, 1.807) is 0 Å². The molecule has 2 atom stereocenters. The molecule has 17 heavy (non-hydrogen) atoms. The number of aromatic nitrogens is 1. The van der Waals surface area contributed by atoms with E-state index in [-0.39, 0.29) is 0 Å². The minimum absolute atomic E-state index is 0.311. The van der Waals surface area contributed by atoms with Gasteiger partial charge in [-0.2, -0.15) is 0 Å². The van der Waals surface area contributed by atoms with Crippen LogP contribution in [0.4, 0.5) is 5.69 Å². The third-order valence-electron chi connectivity index (χ3n) is 2.99. The van der Waals surface area contributed by atoms with Crippen LogP contribution in [0.5, 0.6) is 0 Å². The average Bonchev–Trinajstić information content (AvgIpc) is 2.28. The van der Waals surface area contributed by atoms with E-state index in [2.05, 4.69) is 35.1 Å². The van der Waals surface area contributed by atoms with Crippen LogP contribution >= 0.6 is 0 Å². The number of nitrogens with one attached hydrogen (secondary N) is 1. The van der Waals surface area contributed by atoms with Gasteiger partial charge in [-0.25, -0.2) is 0 Å². The van der Waals surface area contributed by atoms with Crippen molar-refractivity contribution >= 4 is 5.69 Å². The molecule has 0 spiro atoms. The van der Waals surface area contributed by atoms with Gasteiger partial charge in [0.2, 0.25) is 0 Å². The van der Waals surface area contributed by atoms with Crippen molar-refractivity contribution < 1.29 is 4.74 Å². The number of hydrogen-bond donors (Lipinski definition) is 1. The number of nitrogens with zero attached hydrogens (tertiary/aromatic N) is 2. The highest BCUT2D eigenvalue weighted by molar-refractivity contribution is 5.42. The van der Waals surface area contributed by atoms with Gasteiger partial charge in [0.05, 0.1) is 17.9 Å². The molecule has 1 saturated heterocycles. The zero-order chi connectivity index (χ0) is 12.3. The first-order chi connectivity index (χ1) is 8.17. The molecule has 0 saturated carbocycles. The zero-order valence-electron chi connectivity index (χ0n) is 10.8. The molecular formula is C13H21N3O. The monoisotopic (exact) mass is 235 g/mol. The lowest BCUT2D eigenvalue weighted by Crippen LogP contribution is -2.44. The Morgan fingerprint density at radius 3 is 2.76 bits per heavy atom. The van der Waals surface area contributed by atoms with E-state index in [0.29, 0.717) is 12.2 Å². The highest BCUT2D eigenvalue weighted by atomic mass is 16.5. The van der Waals surface area contributed by atoms with Crippen molar-refractivity contribution in [1.82, 2.24) is 9.88 Å². The molecule has 0 aliphatic carbocycles. The molecule has 0 amide bonds. The lowest BCUT2D eigenvalue weighted by Gasteiger charge is -2.35. The Morgan fingerprint density at radius 2 is 2.12 bits per heavy atom. The van der Waals surface area contributed by atoms with Crippen molar-refractivity contribution in [3.8, 4) is 0 Å². The lowest BCUT2D eigenvalue weighted by atomic mass is 10.2. The third-order valence-corrected chi connectivity index (χ3v) is 2.99. The topological polar surface area (TPSA) is 37.4 Å². The molecule has 2 rings (SSSR count). The summed E-state index contributed by atoms with van der Waals surface area (Å²) in [5.41, 5.74) is 2.22. The van der Waals surface area contributed by atoms with Gasteiger partial charge in [-0.3, -0.25) is 9.88 Å². The molecule has 4 nitrogen and oxygen atoms in total. The van der Waals surface area contributed by atoms with Crippen molar-refractivity contribution in [2.75, 3.05) is 25.5 Å². The van der Waals surface area contributed by atoms with Crippen LogP contribution in [0, 0.1) is 0 Å².